The Kier molecular flexibility index (Phi) is 3.60. The first-order valence-corrected chi connectivity index (χ1v) is 5.81. The summed E-state index contributed by atoms with van der Waals surface area (Å²) in [5.74, 6) is -1.70. The van der Waals surface area contributed by atoms with E-state index in [2.05, 4.69) is 10.4 Å². The highest BCUT2D eigenvalue weighted by atomic mass is 19.2. The fourth-order valence-corrected chi connectivity index (χ4v) is 1.74. The molecule has 0 spiro atoms. The molecule has 0 aliphatic rings. The standard InChI is InChI=1S/C13H15F2N3/c1-3-9-7-10(18(2)17-9)8-16-12-6-4-5-11(14)13(12)15/h4-7,16H,3,8H2,1-2H3. The van der Waals surface area contributed by atoms with Crippen LogP contribution in [-0.4, -0.2) is 9.78 Å². The molecule has 0 atom stereocenters. The molecule has 0 aliphatic carbocycles. The van der Waals surface area contributed by atoms with Crippen molar-refractivity contribution in [1.82, 2.24) is 9.78 Å². The Morgan fingerprint density at radius 3 is 2.78 bits per heavy atom. The van der Waals surface area contributed by atoms with Crippen molar-refractivity contribution in [3.63, 3.8) is 0 Å². The number of hydrogen-bond acceptors (Lipinski definition) is 2. The molecule has 0 saturated heterocycles. The number of hydrogen-bond donors (Lipinski definition) is 1. The molecule has 1 aromatic heterocycles. The molecule has 2 rings (SSSR count). The van der Waals surface area contributed by atoms with Gasteiger partial charge in [0.15, 0.2) is 11.6 Å². The number of aryl methyl sites for hydroxylation is 2. The van der Waals surface area contributed by atoms with Gasteiger partial charge >= 0.3 is 0 Å². The molecular weight excluding hydrogens is 236 g/mol. The summed E-state index contributed by atoms with van der Waals surface area (Å²) in [7, 11) is 1.83. The van der Waals surface area contributed by atoms with Crippen molar-refractivity contribution in [2.24, 2.45) is 7.05 Å². The number of halogens is 2. The summed E-state index contributed by atoms with van der Waals surface area (Å²) in [4.78, 5) is 0. The number of rotatable bonds is 4. The minimum absolute atomic E-state index is 0.161. The second kappa shape index (κ2) is 5.16. The normalized spacial score (nSPS) is 10.7. The minimum Gasteiger partial charge on any atom is -0.377 e. The predicted octanol–water partition coefficient (Wildman–Crippen LogP) is 2.87. The highest BCUT2D eigenvalue weighted by Crippen LogP contribution is 2.17. The summed E-state index contributed by atoms with van der Waals surface area (Å²) in [5, 5.41) is 7.16. The molecule has 0 fully saturated rings. The Bertz CT molecular complexity index is 549. The van der Waals surface area contributed by atoms with E-state index in [9.17, 15) is 8.78 Å². The van der Waals surface area contributed by atoms with Crippen molar-refractivity contribution in [2.45, 2.75) is 19.9 Å². The van der Waals surface area contributed by atoms with Crippen molar-refractivity contribution < 1.29 is 8.78 Å². The molecule has 1 heterocycles. The van der Waals surface area contributed by atoms with Crippen LogP contribution in [0.4, 0.5) is 14.5 Å². The molecule has 0 saturated carbocycles. The molecule has 5 heteroatoms. The number of anilines is 1. The van der Waals surface area contributed by atoms with E-state index in [0.29, 0.717) is 6.54 Å². The monoisotopic (exact) mass is 251 g/mol. The molecule has 0 unspecified atom stereocenters. The molecule has 0 amide bonds. The first-order valence-electron chi connectivity index (χ1n) is 5.81. The third kappa shape index (κ3) is 2.50. The van der Waals surface area contributed by atoms with E-state index < -0.39 is 11.6 Å². The summed E-state index contributed by atoms with van der Waals surface area (Å²) in [6.45, 7) is 2.43. The van der Waals surface area contributed by atoms with E-state index in [0.717, 1.165) is 23.9 Å². The van der Waals surface area contributed by atoms with E-state index in [4.69, 9.17) is 0 Å². The minimum atomic E-state index is -0.851. The number of nitrogens with zero attached hydrogens (tertiary/aromatic N) is 2. The van der Waals surface area contributed by atoms with Gasteiger partial charge in [-0.25, -0.2) is 8.78 Å². The van der Waals surface area contributed by atoms with E-state index in [1.165, 1.54) is 12.1 Å². The van der Waals surface area contributed by atoms with Gasteiger partial charge in [-0.15, -0.1) is 0 Å². The third-order valence-electron chi connectivity index (χ3n) is 2.80. The average molecular weight is 251 g/mol. The van der Waals surface area contributed by atoms with Crippen LogP contribution in [0.5, 0.6) is 0 Å². The van der Waals surface area contributed by atoms with Crippen molar-refractivity contribution >= 4 is 5.69 Å². The van der Waals surface area contributed by atoms with Crippen LogP contribution in [0.3, 0.4) is 0 Å². The molecular formula is C13H15F2N3. The van der Waals surface area contributed by atoms with Crippen LogP contribution in [0.1, 0.15) is 18.3 Å². The van der Waals surface area contributed by atoms with Gasteiger partial charge in [0.1, 0.15) is 0 Å². The van der Waals surface area contributed by atoms with Crippen LogP contribution < -0.4 is 5.32 Å². The maximum Gasteiger partial charge on any atom is 0.181 e. The summed E-state index contributed by atoms with van der Waals surface area (Å²) >= 11 is 0. The third-order valence-corrected chi connectivity index (χ3v) is 2.80. The summed E-state index contributed by atoms with van der Waals surface area (Å²) < 4.78 is 28.2. The van der Waals surface area contributed by atoms with Gasteiger partial charge in [0.2, 0.25) is 0 Å². The number of nitrogens with one attached hydrogen (secondary N) is 1. The zero-order chi connectivity index (χ0) is 13.1. The Labute approximate surface area is 104 Å². The number of benzene rings is 1. The molecule has 0 bridgehead atoms. The van der Waals surface area contributed by atoms with Gasteiger partial charge in [0.05, 0.1) is 23.6 Å². The zero-order valence-corrected chi connectivity index (χ0v) is 10.4. The smallest absolute Gasteiger partial charge is 0.181 e. The lowest BCUT2D eigenvalue weighted by Gasteiger charge is -2.07. The second-order valence-electron chi connectivity index (χ2n) is 4.06. The fourth-order valence-electron chi connectivity index (χ4n) is 1.74. The van der Waals surface area contributed by atoms with E-state index in [1.807, 2.05) is 20.0 Å². The summed E-state index contributed by atoms with van der Waals surface area (Å²) in [5.41, 5.74) is 2.07. The largest absolute Gasteiger partial charge is 0.377 e. The number of aromatic nitrogens is 2. The van der Waals surface area contributed by atoms with Crippen molar-refractivity contribution in [2.75, 3.05) is 5.32 Å². The van der Waals surface area contributed by atoms with Crippen molar-refractivity contribution in [3.05, 3.63) is 47.3 Å². The second-order valence-corrected chi connectivity index (χ2v) is 4.06. The van der Waals surface area contributed by atoms with Gasteiger partial charge in [-0.2, -0.15) is 5.10 Å². The first-order chi connectivity index (χ1) is 8.61. The van der Waals surface area contributed by atoms with E-state index in [-0.39, 0.29) is 5.69 Å². The van der Waals surface area contributed by atoms with Gasteiger partial charge in [-0.05, 0) is 24.6 Å². The Morgan fingerprint density at radius 2 is 2.11 bits per heavy atom. The SMILES string of the molecule is CCc1cc(CNc2cccc(F)c2F)n(C)n1. The molecule has 0 radical (unpaired) electrons. The van der Waals surface area contributed by atoms with Gasteiger partial charge < -0.3 is 5.32 Å². The van der Waals surface area contributed by atoms with Gasteiger partial charge in [0.25, 0.3) is 0 Å². The molecule has 18 heavy (non-hydrogen) atoms. The summed E-state index contributed by atoms with van der Waals surface area (Å²) in [6.07, 6.45) is 0.849. The van der Waals surface area contributed by atoms with E-state index >= 15 is 0 Å². The lowest BCUT2D eigenvalue weighted by molar-refractivity contribution is 0.510. The maximum absolute atomic E-state index is 13.4. The van der Waals surface area contributed by atoms with Crippen LogP contribution in [0, 0.1) is 11.6 Å². The molecule has 1 aromatic carbocycles. The summed E-state index contributed by atoms with van der Waals surface area (Å²) in [6, 6.07) is 6.03. The quantitative estimate of drug-likeness (QED) is 0.905. The average Bonchev–Trinajstić information content (AvgIpc) is 2.72. The lowest BCUT2D eigenvalue weighted by atomic mass is 10.2. The maximum atomic E-state index is 13.4. The molecule has 2 aromatic rings. The van der Waals surface area contributed by atoms with Gasteiger partial charge in [-0.3, -0.25) is 4.68 Å². The van der Waals surface area contributed by atoms with Crippen LogP contribution in [0.2, 0.25) is 0 Å². The van der Waals surface area contributed by atoms with Crippen LogP contribution >= 0.6 is 0 Å². The molecule has 3 nitrogen and oxygen atoms in total. The van der Waals surface area contributed by atoms with Crippen molar-refractivity contribution in [3.8, 4) is 0 Å². The van der Waals surface area contributed by atoms with Crippen LogP contribution in [0.25, 0.3) is 0 Å². The molecule has 96 valence electrons. The van der Waals surface area contributed by atoms with Gasteiger partial charge in [0, 0.05) is 7.05 Å². The van der Waals surface area contributed by atoms with Crippen molar-refractivity contribution in [1.29, 1.82) is 0 Å². The lowest BCUT2D eigenvalue weighted by Crippen LogP contribution is -2.07. The Balaban J connectivity index is 2.11. The Morgan fingerprint density at radius 1 is 1.33 bits per heavy atom. The fraction of sp³-hybridized carbons (Fsp3) is 0.308. The Hall–Kier alpha value is -1.91. The van der Waals surface area contributed by atoms with E-state index in [1.54, 1.807) is 4.68 Å². The highest BCUT2D eigenvalue weighted by Gasteiger charge is 2.08. The molecule has 0 aliphatic heterocycles. The highest BCUT2D eigenvalue weighted by molar-refractivity contribution is 5.45. The van der Waals surface area contributed by atoms with Crippen LogP contribution in [-0.2, 0) is 20.0 Å². The zero-order valence-electron chi connectivity index (χ0n) is 10.4. The van der Waals surface area contributed by atoms with Crippen LogP contribution in [0.15, 0.2) is 24.3 Å². The van der Waals surface area contributed by atoms with Gasteiger partial charge in [-0.1, -0.05) is 13.0 Å². The topological polar surface area (TPSA) is 29.9 Å². The molecule has 1 N–H and O–H groups in total. The first kappa shape index (κ1) is 12.5. The predicted molar refractivity (Wildman–Crippen MR) is 66.3 cm³/mol.